The van der Waals surface area contributed by atoms with E-state index in [4.69, 9.17) is 0 Å². The van der Waals surface area contributed by atoms with Gasteiger partial charge in [-0.15, -0.1) is 0 Å². The number of anilines is 1. The molecule has 2 N–H and O–H groups in total. The molecule has 0 radical (unpaired) electrons. The third-order valence-electron chi connectivity index (χ3n) is 6.14. The Balaban J connectivity index is 1.42. The van der Waals surface area contributed by atoms with Crippen molar-refractivity contribution in [1.29, 1.82) is 0 Å². The molecule has 35 heavy (non-hydrogen) atoms. The minimum Gasteiger partial charge on any atom is -0.338 e. The van der Waals surface area contributed by atoms with Crippen LogP contribution in [0.2, 0.25) is 0 Å². The van der Waals surface area contributed by atoms with Crippen molar-refractivity contribution < 1.29 is 9.59 Å². The van der Waals surface area contributed by atoms with Gasteiger partial charge in [0, 0.05) is 36.4 Å². The quantitative estimate of drug-likeness (QED) is 0.391. The van der Waals surface area contributed by atoms with Gasteiger partial charge >= 0.3 is 0 Å². The van der Waals surface area contributed by atoms with E-state index in [0.29, 0.717) is 11.4 Å². The normalized spacial score (nSPS) is 15.0. The number of aromatic nitrogens is 4. The van der Waals surface area contributed by atoms with Crippen LogP contribution in [0.5, 0.6) is 0 Å². The van der Waals surface area contributed by atoms with Gasteiger partial charge in [-0.25, -0.2) is 4.98 Å². The van der Waals surface area contributed by atoms with Gasteiger partial charge in [0.1, 0.15) is 11.7 Å². The standard InChI is InChI=1S/C26H23BrN6O2/c1-32-15-28-14-23(32)17-4-8-19(9-5-17)30-26(35)24(31-25(34)22-11-12-29-33(22)2)20-10-6-16-3-7-18(27)13-21(16)20/h3-15,20,24H,1-2H3,(H,30,35)(H,31,34)/t20-,24+/m1/s1. The van der Waals surface area contributed by atoms with Crippen LogP contribution >= 0.6 is 15.9 Å². The molecular weight excluding hydrogens is 508 g/mol. The number of hydrogen-bond acceptors (Lipinski definition) is 4. The second-order valence-electron chi connectivity index (χ2n) is 8.41. The second kappa shape index (κ2) is 9.34. The van der Waals surface area contributed by atoms with Gasteiger partial charge in [0.2, 0.25) is 5.91 Å². The van der Waals surface area contributed by atoms with E-state index in [0.717, 1.165) is 26.9 Å². The predicted octanol–water partition coefficient (Wildman–Crippen LogP) is 4.13. The topological polar surface area (TPSA) is 93.8 Å². The van der Waals surface area contributed by atoms with Gasteiger partial charge in [-0.05, 0) is 47.0 Å². The zero-order valence-corrected chi connectivity index (χ0v) is 20.7. The van der Waals surface area contributed by atoms with Crippen molar-refractivity contribution in [2.75, 3.05) is 5.32 Å². The molecule has 2 aromatic heterocycles. The SMILES string of the molecule is Cn1cncc1-c1ccc(NC(=O)[C@@H](NC(=O)c2ccnn2C)[C@@H]2C=Cc3ccc(Br)cc32)cc1. The molecule has 0 unspecified atom stereocenters. The largest absolute Gasteiger partial charge is 0.338 e. The number of rotatable bonds is 6. The molecule has 1 aliphatic carbocycles. The molecule has 0 bridgehead atoms. The fourth-order valence-corrected chi connectivity index (χ4v) is 4.68. The van der Waals surface area contributed by atoms with E-state index in [-0.39, 0.29) is 17.7 Å². The number of carbonyl (C=O) groups excluding carboxylic acids is 2. The van der Waals surface area contributed by atoms with Crippen molar-refractivity contribution in [2.24, 2.45) is 14.1 Å². The van der Waals surface area contributed by atoms with Crippen LogP contribution in [0, 0.1) is 0 Å². The average Bonchev–Trinajstić information content (AvgIpc) is 3.57. The lowest BCUT2D eigenvalue weighted by Gasteiger charge is -2.24. The van der Waals surface area contributed by atoms with Crippen molar-refractivity contribution in [3.05, 3.63) is 94.6 Å². The first-order chi connectivity index (χ1) is 16.9. The van der Waals surface area contributed by atoms with Crippen LogP contribution in [-0.2, 0) is 18.9 Å². The van der Waals surface area contributed by atoms with Gasteiger partial charge in [0.05, 0.1) is 18.2 Å². The minimum atomic E-state index is -0.832. The molecule has 9 heteroatoms. The van der Waals surface area contributed by atoms with E-state index in [9.17, 15) is 9.59 Å². The maximum absolute atomic E-state index is 13.5. The summed E-state index contributed by atoms with van der Waals surface area (Å²) >= 11 is 3.52. The van der Waals surface area contributed by atoms with Gasteiger partial charge in [-0.2, -0.15) is 5.10 Å². The summed E-state index contributed by atoms with van der Waals surface area (Å²) in [6, 6.07) is 14.3. The van der Waals surface area contributed by atoms with Gasteiger partial charge in [-0.1, -0.05) is 46.3 Å². The van der Waals surface area contributed by atoms with E-state index >= 15 is 0 Å². The number of aryl methyl sites for hydroxylation is 2. The lowest BCUT2D eigenvalue weighted by Crippen LogP contribution is -2.47. The van der Waals surface area contributed by atoms with E-state index in [2.05, 4.69) is 36.6 Å². The summed E-state index contributed by atoms with van der Waals surface area (Å²) in [6.45, 7) is 0. The maximum atomic E-state index is 13.5. The monoisotopic (exact) mass is 530 g/mol. The van der Waals surface area contributed by atoms with Crippen molar-refractivity contribution in [1.82, 2.24) is 24.6 Å². The van der Waals surface area contributed by atoms with E-state index < -0.39 is 6.04 Å². The lowest BCUT2D eigenvalue weighted by atomic mass is 9.92. The Labute approximate surface area is 210 Å². The molecule has 2 heterocycles. The van der Waals surface area contributed by atoms with Crippen LogP contribution in [0.15, 0.2) is 77.8 Å². The van der Waals surface area contributed by atoms with E-state index in [1.54, 1.807) is 31.8 Å². The molecule has 2 atom stereocenters. The van der Waals surface area contributed by atoms with Gasteiger partial charge < -0.3 is 15.2 Å². The Morgan fingerprint density at radius 3 is 2.57 bits per heavy atom. The van der Waals surface area contributed by atoms with Gasteiger partial charge in [0.25, 0.3) is 5.91 Å². The number of nitrogens with one attached hydrogen (secondary N) is 2. The summed E-state index contributed by atoms with van der Waals surface area (Å²) in [6.07, 6.45) is 9.02. The van der Waals surface area contributed by atoms with Gasteiger partial charge in [0.15, 0.2) is 0 Å². The number of halogens is 1. The molecule has 2 aromatic carbocycles. The lowest BCUT2D eigenvalue weighted by molar-refractivity contribution is -0.118. The summed E-state index contributed by atoms with van der Waals surface area (Å²) < 4.78 is 4.32. The molecule has 2 amide bonds. The molecule has 0 spiro atoms. The number of nitrogens with zero attached hydrogens (tertiary/aromatic N) is 4. The average molecular weight is 531 g/mol. The first kappa shape index (κ1) is 22.8. The molecule has 176 valence electrons. The Morgan fingerprint density at radius 2 is 1.89 bits per heavy atom. The number of amides is 2. The molecule has 4 aromatic rings. The molecule has 5 rings (SSSR count). The fraction of sp³-hybridized carbons (Fsp3) is 0.154. The van der Waals surface area contributed by atoms with Crippen molar-refractivity contribution >= 4 is 39.5 Å². The highest BCUT2D eigenvalue weighted by atomic mass is 79.9. The predicted molar refractivity (Wildman–Crippen MR) is 138 cm³/mol. The van der Waals surface area contributed by atoms with Crippen LogP contribution in [0.4, 0.5) is 5.69 Å². The zero-order valence-electron chi connectivity index (χ0n) is 19.1. The Bertz CT molecular complexity index is 1440. The summed E-state index contributed by atoms with van der Waals surface area (Å²) in [7, 11) is 3.62. The van der Waals surface area contributed by atoms with Crippen LogP contribution in [0.25, 0.3) is 17.3 Å². The molecule has 0 fully saturated rings. The zero-order chi connectivity index (χ0) is 24.5. The van der Waals surface area contributed by atoms with Crippen molar-refractivity contribution in [3.63, 3.8) is 0 Å². The summed E-state index contributed by atoms with van der Waals surface area (Å²) in [5.41, 5.74) is 4.96. The Hall–Kier alpha value is -3.98. The molecule has 0 aliphatic heterocycles. The molecule has 0 saturated heterocycles. The molecule has 1 aliphatic rings. The number of benzene rings is 2. The number of hydrogen-bond donors (Lipinski definition) is 2. The highest BCUT2D eigenvalue weighted by Crippen LogP contribution is 2.35. The minimum absolute atomic E-state index is 0.309. The van der Waals surface area contributed by atoms with Crippen molar-refractivity contribution in [3.8, 4) is 11.3 Å². The third kappa shape index (κ3) is 4.54. The van der Waals surface area contributed by atoms with Crippen LogP contribution in [0.1, 0.15) is 27.5 Å². The van der Waals surface area contributed by atoms with E-state index in [1.165, 1.54) is 4.68 Å². The Morgan fingerprint density at radius 1 is 1.09 bits per heavy atom. The fourth-order valence-electron chi connectivity index (χ4n) is 4.30. The van der Waals surface area contributed by atoms with Crippen LogP contribution < -0.4 is 10.6 Å². The maximum Gasteiger partial charge on any atom is 0.270 e. The van der Waals surface area contributed by atoms with E-state index in [1.807, 2.05) is 66.2 Å². The molecule has 0 saturated carbocycles. The number of fused-ring (bicyclic) bond motifs is 1. The number of carbonyl (C=O) groups is 2. The third-order valence-corrected chi connectivity index (χ3v) is 6.63. The second-order valence-corrected chi connectivity index (χ2v) is 9.32. The summed E-state index contributed by atoms with van der Waals surface area (Å²) in [4.78, 5) is 30.7. The van der Waals surface area contributed by atoms with Crippen LogP contribution in [-0.4, -0.2) is 37.2 Å². The first-order valence-corrected chi connectivity index (χ1v) is 11.8. The number of imidazole rings is 1. The smallest absolute Gasteiger partial charge is 0.270 e. The highest BCUT2D eigenvalue weighted by molar-refractivity contribution is 9.10. The van der Waals surface area contributed by atoms with Crippen LogP contribution in [0.3, 0.4) is 0 Å². The van der Waals surface area contributed by atoms with Crippen molar-refractivity contribution in [2.45, 2.75) is 12.0 Å². The highest BCUT2D eigenvalue weighted by Gasteiger charge is 2.34. The summed E-state index contributed by atoms with van der Waals surface area (Å²) in [5.74, 6) is -1.00. The molecule has 8 nitrogen and oxygen atoms in total. The Kier molecular flexibility index (Phi) is 6.08. The molecular formula is C26H23BrN6O2. The summed E-state index contributed by atoms with van der Waals surface area (Å²) in [5, 5.41) is 9.97. The first-order valence-electron chi connectivity index (χ1n) is 11.0. The van der Waals surface area contributed by atoms with Gasteiger partial charge in [-0.3, -0.25) is 14.3 Å².